The van der Waals surface area contributed by atoms with E-state index in [0.29, 0.717) is 6.54 Å². The highest BCUT2D eigenvalue weighted by Gasteiger charge is 2.26. The van der Waals surface area contributed by atoms with Gasteiger partial charge in [-0.15, -0.1) is 0 Å². The van der Waals surface area contributed by atoms with Crippen molar-refractivity contribution in [1.82, 2.24) is 5.32 Å². The molecule has 2 aromatic carbocycles. The van der Waals surface area contributed by atoms with E-state index in [4.69, 9.17) is 0 Å². The van der Waals surface area contributed by atoms with Crippen molar-refractivity contribution in [2.45, 2.75) is 12.6 Å². The molecule has 2 rings (SSSR count). The Morgan fingerprint density at radius 1 is 1.14 bits per heavy atom. The zero-order valence-corrected chi connectivity index (χ0v) is 11.1. The van der Waals surface area contributed by atoms with Crippen LogP contribution in [0.5, 0.6) is 0 Å². The molecule has 0 spiro atoms. The first-order valence-corrected chi connectivity index (χ1v) is 6.33. The third-order valence-electron chi connectivity index (χ3n) is 3.04. The molecule has 1 atom stereocenters. The number of para-hydroxylation sites is 1. The average Bonchev–Trinajstić information content (AvgIpc) is 2.48. The van der Waals surface area contributed by atoms with Gasteiger partial charge in [0.05, 0.1) is 10.5 Å². The normalized spacial score (nSPS) is 11.8. The molecule has 2 aromatic rings. The monoisotopic (exact) mass is 286 g/mol. The van der Waals surface area contributed by atoms with Gasteiger partial charge in [-0.1, -0.05) is 42.5 Å². The lowest BCUT2D eigenvalue weighted by Crippen LogP contribution is -2.28. The van der Waals surface area contributed by atoms with Crippen LogP contribution in [0.4, 0.5) is 5.69 Å². The summed E-state index contributed by atoms with van der Waals surface area (Å²) in [5.41, 5.74) is 0.846. The summed E-state index contributed by atoms with van der Waals surface area (Å²) < 4.78 is 0. The molecule has 0 aliphatic heterocycles. The molecular weight excluding hydrogens is 272 g/mol. The minimum absolute atomic E-state index is 0.144. The zero-order valence-electron chi connectivity index (χ0n) is 11.1. The van der Waals surface area contributed by atoms with Crippen molar-refractivity contribution in [3.8, 4) is 0 Å². The van der Waals surface area contributed by atoms with Gasteiger partial charge in [-0.2, -0.15) is 0 Å². The first-order valence-electron chi connectivity index (χ1n) is 6.33. The quantitative estimate of drug-likeness (QED) is 0.628. The summed E-state index contributed by atoms with van der Waals surface area (Å²) in [5, 5.41) is 23.2. The lowest BCUT2D eigenvalue weighted by molar-refractivity contribution is -0.385. The van der Waals surface area contributed by atoms with Crippen molar-refractivity contribution >= 4 is 11.7 Å². The molecule has 0 amide bonds. The van der Waals surface area contributed by atoms with Gasteiger partial charge in [0, 0.05) is 12.6 Å². The number of carbonyl (C=O) groups is 1. The number of benzene rings is 2. The van der Waals surface area contributed by atoms with Gasteiger partial charge in [0.25, 0.3) is 5.69 Å². The summed E-state index contributed by atoms with van der Waals surface area (Å²) in [5.74, 6) is -1.15. The molecule has 0 radical (unpaired) electrons. The van der Waals surface area contributed by atoms with E-state index in [1.807, 2.05) is 30.3 Å². The predicted octanol–water partition coefficient (Wildman–Crippen LogP) is 2.51. The first kappa shape index (κ1) is 14.7. The molecule has 0 aliphatic rings. The third kappa shape index (κ3) is 3.64. The number of rotatable bonds is 6. The van der Waals surface area contributed by atoms with E-state index in [9.17, 15) is 20.0 Å². The van der Waals surface area contributed by atoms with Gasteiger partial charge in [-0.05, 0) is 11.6 Å². The third-order valence-corrected chi connectivity index (χ3v) is 3.04. The van der Waals surface area contributed by atoms with E-state index in [0.717, 1.165) is 5.56 Å². The van der Waals surface area contributed by atoms with Crippen molar-refractivity contribution < 1.29 is 14.8 Å². The van der Waals surface area contributed by atoms with E-state index in [1.165, 1.54) is 18.2 Å². The number of nitro groups is 1. The van der Waals surface area contributed by atoms with Gasteiger partial charge in [-0.25, -0.2) is 0 Å². The van der Waals surface area contributed by atoms with Crippen molar-refractivity contribution in [3.05, 3.63) is 75.8 Å². The van der Waals surface area contributed by atoms with E-state index < -0.39 is 16.9 Å². The smallest absolute Gasteiger partial charge is 0.325 e. The van der Waals surface area contributed by atoms with Crippen LogP contribution in [0.2, 0.25) is 0 Å². The number of carboxylic acids is 1. The summed E-state index contributed by atoms with van der Waals surface area (Å²) >= 11 is 0. The fourth-order valence-electron chi connectivity index (χ4n) is 2.04. The number of carboxylic acid groups (broad SMARTS) is 1. The van der Waals surface area contributed by atoms with Crippen molar-refractivity contribution in [3.63, 3.8) is 0 Å². The van der Waals surface area contributed by atoms with Crippen LogP contribution in [0.25, 0.3) is 0 Å². The highest BCUT2D eigenvalue weighted by atomic mass is 16.6. The molecule has 21 heavy (non-hydrogen) atoms. The Labute approximate surface area is 121 Å². The van der Waals surface area contributed by atoms with E-state index in [2.05, 4.69) is 5.32 Å². The maximum Gasteiger partial charge on any atom is 0.325 e. The number of hydrogen-bond acceptors (Lipinski definition) is 4. The number of hydrogen-bond donors (Lipinski definition) is 2. The summed E-state index contributed by atoms with van der Waals surface area (Å²) in [6.07, 6.45) is 0. The van der Waals surface area contributed by atoms with Crippen LogP contribution in [0.3, 0.4) is 0 Å². The predicted molar refractivity (Wildman–Crippen MR) is 76.8 cm³/mol. The van der Waals surface area contributed by atoms with Crippen LogP contribution >= 0.6 is 0 Å². The van der Waals surface area contributed by atoms with Gasteiger partial charge in [0.1, 0.15) is 6.04 Å². The van der Waals surface area contributed by atoms with Crippen molar-refractivity contribution in [1.29, 1.82) is 0 Å². The number of nitrogens with zero attached hydrogens (tertiary/aromatic N) is 1. The van der Waals surface area contributed by atoms with Gasteiger partial charge < -0.3 is 5.11 Å². The summed E-state index contributed by atoms with van der Waals surface area (Å²) in [6, 6.07) is 14.0. The molecule has 0 heterocycles. The molecule has 0 fully saturated rings. The Kier molecular flexibility index (Phi) is 4.63. The van der Waals surface area contributed by atoms with Gasteiger partial charge in [0.15, 0.2) is 0 Å². The van der Waals surface area contributed by atoms with Crippen LogP contribution in [-0.2, 0) is 11.3 Å². The molecule has 1 unspecified atom stereocenters. The Hall–Kier alpha value is -2.73. The van der Waals surface area contributed by atoms with Gasteiger partial charge >= 0.3 is 5.97 Å². The van der Waals surface area contributed by atoms with Gasteiger partial charge in [0.2, 0.25) is 0 Å². The van der Waals surface area contributed by atoms with Crippen LogP contribution < -0.4 is 5.32 Å². The molecule has 108 valence electrons. The lowest BCUT2D eigenvalue weighted by atomic mass is 10.0. The average molecular weight is 286 g/mol. The number of nitrogens with one attached hydrogen (secondary N) is 1. The number of aliphatic carboxylic acids is 1. The second kappa shape index (κ2) is 6.62. The standard InChI is InChI=1S/C15H14N2O4/c18-15(19)14(16-10-11-6-2-1-3-7-11)12-8-4-5-9-13(12)17(20)21/h1-9,14,16H,10H2,(H,18,19). The second-order valence-electron chi connectivity index (χ2n) is 4.45. The minimum Gasteiger partial charge on any atom is -0.480 e. The molecule has 0 bridgehead atoms. The highest BCUT2D eigenvalue weighted by Crippen LogP contribution is 2.25. The van der Waals surface area contributed by atoms with Crippen molar-refractivity contribution in [2.24, 2.45) is 0 Å². The summed E-state index contributed by atoms with van der Waals surface area (Å²) in [6.45, 7) is 0.309. The maximum atomic E-state index is 11.4. The first-order chi connectivity index (χ1) is 10.1. The Morgan fingerprint density at radius 3 is 2.38 bits per heavy atom. The van der Waals surface area contributed by atoms with E-state index in [-0.39, 0.29) is 11.3 Å². The largest absolute Gasteiger partial charge is 0.480 e. The fraction of sp³-hybridized carbons (Fsp3) is 0.133. The van der Waals surface area contributed by atoms with Gasteiger partial charge in [-0.3, -0.25) is 20.2 Å². The fourth-order valence-corrected chi connectivity index (χ4v) is 2.04. The maximum absolute atomic E-state index is 11.4. The molecule has 0 saturated heterocycles. The molecule has 0 aliphatic carbocycles. The minimum atomic E-state index is -1.15. The number of nitro benzene ring substituents is 1. The second-order valence-corrected chi connectivity index (χ2v) is 4.45. The molecule has 0 aromatic heterocycles. The Bertz CT molecular complexity index is 643. The molecule has 6 heteroatoms. The van der Waals surface area contributed by atoms with Crippen LogP contribution in [-0.4, -0.2) is 16.0 Å². The summed E-state index contributed by atoms with van der Waals surface area (Å²) in [7, 11) is 0. The topological polar surface area (TPSA) is 92.5 Å². The van der Waals surface area contributed by atoms with Crippen molar-refractivity contribution in [2.75, 3.05) is 0 Å². The Balaban J connectivity index is 2.24. The SMILES string of the molecule is O=C(O)C(NCc1ccccc1)c1ccccc1[N+](=O)[O-]. The summed E-state index contributed by atoms with van der Waals surface area (Å²) in [4.78, 5) is 21.8. The molecule has 0 saturated carbocycles. The highest BCUT2D eigenvalue weighted by molar-refractivity contribution is 5.77. The van der Waals surface area contributed by atoms with Crippen LogP contribution in [0.1, 0.15) is 17.2 Å². The van der Waals surface area contributed by atoms with E-state index in [1.54, 1.807) is 6.07 Å². The molecule has 2 N–H and O–H groups in total. The lowest BCUT2D eigenvalue weighted by Gasteiger charge is -2.15. The zero-order chi connectivity index (χ0) is 15.2. The van der Waals surface area contributed by atoms with Crippen LogP contribution in [0, 0.1) is 10.1 Å². The molecular formula is C15H14N2O4. The molecule has 6 nitrogen and oxygen atoms in total. The van der Waals surface area contributed by atoms with Crippen LogP contribution in [0.15, 0.2) is 54.6 Å². The Morgan fingerprint density at radius 2 is 1.76 bits per heavy atom. The van der Waals surface area contributed by atoms with E-state index >= 15 is 0 Å².